The van der Waals surface area contributed by atoms with Crippen LogP contribution < -0.4 is 25.0 Å². The van der Waals surface area contributed by atoms with Gasteiger partial charge in [0, 0.05) is 53.7 Å². The third kappa shape index (κ3) is 6.66. The van der Waals surface area contributed by atoms with Crippen molar-refractivity contribution < 1.29 is 33.4 Å². The van der Waals surface area contributed by atoms with Crippen LogP contribution >= 0.6 is 11.6 Å². The van der Waals surface area contributed by atoms with Gasteiger partial charge in [0.2, 0.25) is 11.8 Å². The second kappa shape index (κ2) is 14.1. The van der Waals surface area contributed by atoms with Crippen LogP contribution in [0.3, 0.4) is 0 Å². The van der Waals surface area contributed by atoms with Crippen LogP contribution in [0.1, 0.15) is 90.0 Å². The van der Waals surface area contributed by atoms with E-state index in [1.165, 1.54) is 0 Å². The highest BCUT2D eigenvalue weighted by Gasteiger charge is 2.64. The number of amides is 5. The quantitative estimate of drug-likeness (QED) is 0.190. The third-order valence-corrected chi connectivity index (χ3v) is 11.6. The molecule has 5 amide bonds. The van der Waals surface area contributed by atoms with E-state index in [0.717, 1.165) is 36.5 Å². The van der Waals surface area contributed by atoms with Gasteiger partial charge in [-0.2, -0.15) is 5.26 Å². The van der Waals surface area contributed by atoms with Crippen molar-refractivity contribution in [3.63, 3.8) is 0 Å². The Morgan fingerprint density at radius 3 is 2.30 bits per heavy atom. The predicted molar refractivity (Wildman–Crippen MR) is 199 cm³/mol. The van der Waals surface area contributed by atoms with Gasteiger partial charge in [0.1, 0.15) is 29.7 Å². The van der Waals surface area contributed by atoms with Crippen molar-refractivity contribution >= 4 is 46.8 Å². The lowest BCUT2D eigenvalue weighted by molar-refractivity contribution is -0.164. The summed E-state index contributed by atoms with van der Waals surface area (Å²) in [6.07, 6.45) is 1.75. The number of rotatable bonds is 11. The van der Waals surface area contributed by atoms with E-state index < -0.39 is 29.7 Å². The van der Waals surface area contributed by atoms with E-state index in [1.807, 2.05) is 24.3 Å². The van der Waals surface area contributed by atoms with Crippen LogP contribution in [0.2, 0.25) is 5.02 Å². The largest absolute Gasteiger partial charge is 0.494 e. The Bertz CT molecular complexity index is 2070. The van der Waals surface area contributed by atoms with Gasteiger partial charge in [0.15, 0.2) is 0 Å². The molecule has 1 aliphatic carbocycles. The molecule has 2 saturated heterocycles. The summed E-state index contributed by atoms with van der Waals surface area (Å²) in [5, 5.41) is 15.0. The van der Waals surface area contributed by atoms with Crippen LogP contribution in [0.25, 0.3) is 0 Å². The summed E-state index contributed by atoms with van der Waals surface area (Å²) < 4.78 is 12.3. The number of nitrogens with zero attached hydrogens (tertiary/aromatic N) is 3. The molecule has 12 nitrogen and oxygen atoms in total. The predicted octanol–water partition coefficient (Wildman–Crippen LogP) is 5.52. The standard InChI is InChI=1S/C41H42ClN5O7/c1-40(2)38(41(3,4)39(40)54-28-12-9-25(20-43)31(42)19-28)45-34(49)24-7-10-26(11-8-24)46-21-23(22-46)6-5-17-53-27-13-14-29-30(18-27)37(52)47(36(29)51)32-15-16-33(48)44-35(32)50/h7-14,18-19,23,32,38-39H,5-6,15-17,21-22H2,1-4H3,(H,45,49)(H,44,48,50). The first-order valence-corrected chi connectivity index (χ1v) is 18.6. The maximum Gasteiger partial charge on any atom is 0.262 e. The van der Waals surface area contributed by atoms with Crippen LogP contribution in [-0.4, -0.2) is 72.3 Å². The molecule has 4 aliphatic rings. The number of nitrogens with one attached hydrogen (secondary N) is 2. The van der Waals surface area contributed by atoms with Crippen LogP contribution in [-0.2, 0) is 9.59 Å². The first-order valence-electron chi connectivity index (χ1n) is 18.2. The van der Waals surface area contributed by atoms with Gasteiger partial charge in [-0.25, -0.2) is 0 Å². The smallest absolute Gasteiger partial charge is 0.262 e. The van der Waals surface area contributed by atoms with Gasteiger partial charge in [0.05, 0.1) is 28.3 Å². The van der Waals surface area contributed by atoms with E-state index in [0.29, 0.717) is 40.2 Å². The lowest BCUT2D eigenvalue weighted by Crippen LogP contribution is -2.74. The summed E-state index contributed by atoms with van der Waals surface area (Å²) in [4.78, 5) is 66.5. The minimum absolute atomic E-state index is 0.0686. The number of carbonyl (C=O) groups is 5. The van der Waals surface area contributed by atoms with Gasteiger partial charge in [0.25, 0.3) is 17.7 Å². The van der Waals surface area contributed by atoms with Gasteiger partial charge in [-0.3, -0.25) is 34.2 Å². The number of hydrogen-bond acceptors (Lipinski definition) is 9. The first kappa shape index (κ1) is 36.9. The minimum Gasteiger partial charge on any atom is -0.494 e. The monoisotopic (exact) mass is 751 g/mol. The molecule has 7 rings (SSSR count). The van der Waals surface area contributed by atoms with E-state index in [-0.39, 0.29) is 52.9 Å². The van der Waals surface area contributed by atoms with Crippen molar-refractivity contribution in [1.29, 1.82) is 5.26 Å². The van der Waals surface area contributed by atoms with E-state index in [9.17, 15) is 29.2 Å². The Labute approximate surface area is 318 Å². The van der Waals surface area contributed by atoms with Gasteiger partial charge in [-0.1, -0.05) is 39.3 Å². The number of benzene rings is 3. The Hall–Kier alpha value is -5.41. The molecule has 2 N–H and O–H groups in total. The number of hydrogen-bond donors (Lipinski definition) is 2. The molecule has 3 fully saturated rings. The fourth-order valence-corrected chi connectivity index (χ4v) is 8.91. The number of nitriles is 1. The summed E-state index contributed by atoms with van der Waals surface area (Å²) in [5.41, 5.74) is 1.73. The molecule has 1 unspecified atom stereocenters. The van der Waals surface area contributed by atoms with Crippen molar-refractivity contribution in [1.82, 2.24) is 15.5 Å². The van der Waals surface area contributed by atoms with Crippen molar-refractivity contribution in [3.05, 3.63) is 87.9 Å². The number of halogens is 1. The SMILES string of the molecule is CC1(C)C(NC(=O)c2ccc(N3CC(CCCOc4ccc5c(c4)C(=O)N(C4CCC(=O)NC4=O)C5=O)C3)cc2)C(C)(C)C1Oc1ccc(C#N)c(Cl)c1. The zero-order valence-corrected chi connectivity index (χ0v) is 31.4. The summed E-state index contributed by atoms with van der Waals surface area (Å²) in [6.45, 7) is 10.5. The molecule has 0 bridgehead atoms. The highest BCUT2D eigenvalue weighted by atomic mass is 35.5. The summed E-state index contributed by atoms with van der Waals surface area (Å²) in [6, 6.07) is 18.4. The molecular weight excluding hydrogens is 710 g/mol. The molecule has 280 valence electrons. The topological polar surface area (TPSA) is 158 Å². The average molecular weight is 752 g/mol. The van der Waals surface area contributed by atoms with E-state index in [4.69, 9.17) is 21.1 Å². The number of carbonyl (C=O) groups excluding carboxylic acids is 5. The molecule has 3 heterocycles. The van der Waals surface area contributed by atoms with Crippen LogP contribution in [0, 0.1) is 28.1 Å². The van der Waals surface area contributed by atoms with Gasteiger partial charge < -0.3 is 19.7 Å². The first-order chi connectivity index (χ1) is 25.7. The van der Waals surface area contributed by atoms with Crippen LogP contribution in [0.5, 0.6) is 11.5 Å². The third-order valence-electron chi connectivity index (χ3n) is 11.3. The lowest BCUT2D eigenvalue weighted by atomic mass is 9.49. The molecule has 3 aliphatic heterocycles. The fraction of sp³-hybridized carbons (Fsp3) is 0.415. The molecule has 54 heavy (non-hydrogen) atoms. The number of fused-ring (bicyclic) bond motifs is 1. The molecular formula is C41H42ClN5O7. The van der Waals surface area contributed by atoms with Crippen LogP contribution in [0.4, 0.5) is 5.69 Å². The van der Waals surface area contributed by atoms with Crippen molar-refractivity contribution in [3.8, 4) is 17.6 Å². The Kier molecular flexibility index (Phi) is 9.64. The molecule has 1 atom stereocenters. The molecule has 3 aromatic rings. The summed E-state index contributed by atoms with van der Waals surface area (Å²) in [5.74, 6) is -0.733. The highest BCUT2D eigenvalue weighted by molar-refractivity contribution is 6.31. The molecule has 13 heteroatoms. The maximum atomic E-state index is 13.4. The van der Waals surface area contributed by atoms with Gasteiger partial charge in [-0.15, -0.1) is 0 Å². The number of piperidine rings is 1. The molecule has 3 aromatic carbocycles. The van der Waals surface area contributed by atoms with Gasteiger partial charge in [-0.05, 0) is 79.8 Å². The Balaban J connectivity index is 0.849. The van der Waals surface area contributed by atoms with Gasteiger partial charge >= 0.3 is 0 Å². The van der Waals surface area contributed by atoms with E-state index >= 15 is 0 Å². The second-order valence-electron chi connectivity index (χ2n) is 15.8. The molecule has 0 radical (unpaired) electrons. The number of anilines is 1. The van der Waals surface area contributed by atoms with Crippen molar-refractivity contribution in [2.24, 2.45) is 16.7 Å². The Morgan fingerprint density at radius 1 is 0.944 bits per heavy atom. The number of imide groups is 2. The fourth-order valence-electron chi connectivity index (χ4n) is 8.70. The second-order valence-corrected chi connectivity index (χ2v) is 16.2. The van der Waals surface area contributed by atoms with Crippen LogP contribution in [0.15, 0.2) is 60.7 Å². The Morgan fingerprint density at radius 2 is 1.63 bits per heavy atom. The normalized spacial score (nSPS) is 22.8. The lowest BCUT2D eigenvalue weighted by Gasteiger charge is -2.63. The minimum atomic E-state index is -1.00. The van der Waals surface area contributed by atoms with E-state index in [1.54, 1.807) is 36.4 Å². The molecule has 0 aromatic heterocycles. The van der Waals surface area contributed by atoms with Crippen molar-refractivity contribution in [2.45, 2.75) is 71.6 Å². The summed E-state index contributed by atoms with van der Waals surface area (Å²) in [7, 11) is 0. The molecule has 1 saturated carbocycles. The molecule has 0 spiro atoms. The number of ether oxygens (including phenoxy) is 2. The summed E-state index contributed by atoms with van der Waals surface area (Å²) >= 11 is 6.23. The zero-order valence-electron chi connectivity index (χ0n) is 30.6. The average Bonchev–Trinajstić information content (AvgIpc) is 3.36. The maximum absolute atomic E-state index is 13.4. The highest BCUT2D eigenvalue weighted by Crippen LogP contribution is 2.55. The zero-order chi connectivity index (χ0) is 38.5. The van der Waals surface area contributed by atoms with E-state index in [2.05, 4.69) is 49.3 Å². The van der Waals surface area contributed by atoms with Crippen molar-refractivity contribution in [2.75, 3.05) is 24.6 Å².